The number of rotatable bonds is 11. The third-order valence-electron chi connectivity index (χ3n) is 4.49. The molecule has 0 heterocycles. The number of carbonyl (C=O) groups excluding carboxylic acids is 1. The summed E-state index contributed by atoms with van der Waals surface area (Å²) in [7, 11) is 5.49. The van der Waals surface area contributed by atoms with E-state index in [0.717, 1.165) is 23.8 Å². The first kappa shape index (κ1) is 27.9. The zero-order chi connectivity index (χ0) is 22.5. The Hall–Kier alpha value is -2.17. The molecule has 2 aromatic rings. The van der Waals surface area contributed by atoms with E-state index in [1.807, 2.05) is 61.5 Å². The highest BCUT2D eigenvalue weighted by atomic mass is 127. The molecule has 0 fully saturated rings. The number of hydrogen-bond donors (Lipinski definition) is 3. The van der Waals surface area contributed by atoms with Gasteiger partial charge in [0.2, 0.25) is 5.91 Å². The molecule has 7 nitrogen and oxygen atoms in total. The first-order chi connectivity index (χ1) is 15.0. The number of ether oxygens (including phenoxy) is 1. The summed E-state index contributed by atoms with van der Waals surface area (Å²) >= 11 is 0. The Balaban J connectivity index is 0.00000512. The van der Waals surface area contributed by atoms with Gasteiger partial charge in [0.15, 0.2) is 5.96 Å². The normalized spacial score (nSPS) is 12.1. The predicted octanol–water partition coefficient (Wildman–Crippen LogP) is 3.32. The summed E-state index contributed by atoms with van der Waals surface area (Å²) in [5.41, 5.74) is 3.03. The van der Waals surface area contributed by atoms with Crippen LogP contribution in [-0.2, 0) is 22.7 Å². The van der Waals surface area contributed by atoms with Crippen molar-refractivity contribution >= 4 is 41.5 Å². The van der Waals surface area contributed by atoms with Crippen molar-refractivity contribution in [2.24, 2.45) is 10.9 Å². The third kappa shape index (κ3) is 11.4. The minimum absolute atomic E-state index is 0. The van der Waals surface area contributed by atoms with Crippen LogP contribution in [0.1, 0.15) is 18.1 Å². The van der Waals surface area contributed by atoms with Gasteiger partial charge >= 0.3 is 0 Å². The summed E-state index contributed by atoms with van der Waals surface area (Å²) in [6.07, 6.45) is 0. The second-order valence-electron chi connectivity index (χ2n) is 7.90. The number of guanidine groups is 1. The van der Waals surface area contributed by atoms with Crippen LogP contribution in [0.3, 0.4) is 0 Å². The van der Waals surface area contributed by atoms with Crippen molar-refractivity contribution in [1.29, 1.82) is 0 Å². The fourth-order valence-electron chi connectivity index (χ4n) is 2.94. The van der Waals surface area contributed by atoms with Crippen LogP contribution in [0, 0.1) is 5.92 Å². The lowest BCUT2D eigenvalue weighted by Gasteiger charge is -2.17. The van der Waals surface area contributed by atoms with E-state index in [0.29, 0.717) is 32.2 Å². The molecule has 0 aromatic heterocycles. The van der Waals surface area contributed by atoms with Gasteiger partial charge in [0.1, 0.15) is 0 Å². The van der Waals surface area contributed by atoms with E-state index in [2.05, 4.69) is 40.0 Å². The minimum Gasteiger partial charge on any atom is -0.376 e. The average molecular weight is 553 g/mol. The molecule has 0 bridgehead atoms. The predicted molar refractivity (Wildman–Crippen MR) is 143 cm³/mol. The molecule has 1 amide bonds. The number of likely N-dealkylation sites (N-methyl/N-ethyl adjacent to an activating group) is 1. The van der Waals surface area contributed by atoms with Gasteiger partial charge in [-0.05, 0) is 43.3 Å². The lowest BCUT2D eigenvalue weighted by atomic mass is 10.2. The van der Waals surface area contributed by atoms with E-state index in [9.17, 15) is 4.79 Å². The third-order valence-corrected chi connectivity index (χ3v) is 4.49. The number of carbonyl (C=O) groups is 1. The summed E-state index contributed by atoms with van der Waals surface area (Å²) in [5.74, 6) is 1.05. The van der Waals surface area contributed by atoms with Gasteiger partial charge in [-0.15, -0.1) is 24.0 Å². The van der Waals surface area contributed by atoms with Gasteiger partial charge in [0.05, 0.1) is 19.8 Å². The van der Waals surface area contributed by atoms with Gasteiger partial charge in [0, 0.05) is 25.8 Å². The molecule has 0 aliphatic heterocycles. The Kier molecular flexibility index (Phi) is 13.6. The largest absolute Gasteiger partial charge is 0.376 e. The number of halogens is 1. The second kappa shape index (κ2) is 15.6. The Morgan fingerprint density at radius 1 is 1.06 bits per heavy atom. The lowest BCUT2D eigenvalue weighted by Crippen LogP contribution is -2.39. The highest BCUT2D eigenvalue weighted by Gasteiger charge is 2.07. The molecule has 8 heteroatoms. The molecule has 0 aliphatic rings. The molecule has 32 heavy (non-hydrogen) atoms. The number of hydrogen-bond acceptors (Lipinski definition) is 4. The maximum Gasteiger partial charge on any atom is 0.238 e. The molecule has 2 aromatic carbocycles. The molecule has 0 radical (unpaired) electrons. The Morgan fingerprint density at radius 3 is 2.47 bits per heavy atom. The molecule has 0 aliphatic carbocycles. The van der Waals surface area contributed by atoms with Gasteiger partial charge in [-0.25, -0.2) is 0 Å². The highest BCUT2D eigenvalue weighted by Crippen LogP contribution is 2.10. The maximum absolute atomic E-state index is 11.9. The van der Waals surface area contributed by atoms with Crippen LogP contribution in [0.2, 0.25) is 0 Å². The monoisotopic (exact) mass is 553 g/mol. The topological polar surface area (TPSA) is 78.0 Å². The van der Waals surface area contributed by atoms with Crippen LogP contribution >= 0.6 is 24.0 Å². The number of anilines is 1. The molecule has 0 spiro atoms. The Bertz CT molecular complexity index is 830. The standard InChI is InChI=1S/C24H35N5O2.HI/c1-19(17-31-18-20-9-6-5-7-10-20)14-26-24(25-2)27-15-21-11-8-12-22(13-21)28-23(30)16-29(3)4;/h5-13,19H,14-18H2,1-4H3,(H,28,30)(H2,25,26,27);1H. The number of amides is 1. The molecule has 1 unspecified atom stereocenters. The SMILES string of the molecule is CN=C(NCc1cccc(NC(=O)CN(C)C)c1)NCC(C)COCc1ccccc1.I. The van der Waals surface area contributed by atoms with E-state index < -0.39 is 0 Å². The van der Waals surface area contributed by atoms with Crippen molar-refractivity contribution in [2.45, 2.75) is 20.1 Å². The Morgan fingerprint density at radius 2 is 1.78 bits per heavy atom. The number of nitrogens with one attached hydrogen (secondary N) is 3. The highest BCUT2D eigenvalue weighted by molar-refractivity contribution is 14.0. The molecule has 1 atom stereocenters. The van der Waals surface area contributed by atoms with Crippen LogP contribution in [0.5, 0.6) is 0 Å². The van der Waals surface area contributed by atoms with E-state index in [-0.39, 0.29) is 29.9 Å². The van der Waals surface area contributed by atoms with E-state index in [4.69, 9.17) is 4.74 Å². The maximum atomic E-state index is 11.9. The van der Waals surface area contributed by atoms with Crippen LogP contribution in [-0.4, -0.2) is 57.6 Å². The molecule has 2 rings (SSSR count). The van der Waals surface area contributed by atoms with Gasteiger partial charge in [-0.3, -0.25) is 9.79 Å². The minimum atomic E-state index is -0.0314. The number of aliphatic imine (C=N–C) groups is 1. The molecule has 0 saturated carbocycles. The van der Waals surface area contributed by atoms with Gasteiger partial charge in [0.25, 0.3) is 0 Å². The van der Waals surface area contributed by atoms with Crippen LogP contribution in [0.4, 0.5) is 5.69 Å². The summed E-state index contributed by atoms with van der Waals surface area (Å²) in [4.78, 5) is 18.1. The number of benzene rings is 2. The smallest absolute Gasteiger partial charge is 0.238 e. The van der Waals surface area contributed by atoms with Crippen molar-refractivity contribution in [3.05, 3.63) is 65.7 Å². The van der Waals surface area contributed by atoms with E-state index in [1.165, 1.54) is 5.56 Å². The fourth-order valence-corrected chi connectivity index (χ4v) is 2.94. The lowest BCUT2D eigenvalue weighted by molar-refractivity contribution is -0.116. The molecule has 176 valence electrons. The van der Waals surface area contributed by atoms with Gasteiger partial charge in [-0.2, -0.15) is 0 Å². The summed E-state index contributed by atoms with van der Waals surface area (Å²) in [6, 6.07) is 18.0. The zero-order valence-electron chi connectivity index (χ0n) is 19.4. The van der Waals surface area contributed by atoms with Crippen molar-refractivity contribution in [3.8, 4) is 0 Å². The van der Waals surface area contributed by atoms with Crippen LogP contribution in [0.25, 0.3) is 0 Å². The first-order valence-corrected chi connectivity index (χ1v) is 10.6. The van der Waals surface area contributed by atoms with Crippen molar-refractivity contribution < 1.29 is 9.53 Å². The summed E-state index contributed by atoms with van der Waals surface area (Å²) in [6.45, 7) is 5.16. The van der Waals surface area contributed by atoms with Crippen molar-refractivity contribution in [3.63, 3.8) is 0 Å². The quantitative estimate of drug-likeness (QED) is 0.226. The zero-order valence-corrected chi connectivity index (χ0v) is 21.8. The first-order valence-electron chi connectivity index (χ1n) is 10.6. The van der Waals surface area contributed by atoms with Crippen molar-refractivity contribution in [1.82, 2.24) is 15.5 Å². The average Bonchev–Trinajstić information content (AvgIpc) is 2.74. The molecule has 3 N–H and O–H groups in total. The van der Waals surface area contributed by atoms with Crippen LogP contribution in [0.15, 0.2) is 59.6 Å². The Labute approximate surface area is 209 Å². The van der Waals surface area contributed by atoms with E-state index in [1.54, 1.807) is 7.05 Å². The summed E-state index contributed by atoms with van der Waals surface area (Å²) in [5, 5.41) is 9.57. The molecular weight excluding hydrogens is 517 g/mol. The van der Waals surface area contributed by atoms with Gasteiger partial charge < -0.3 is 25.6 Å². The van der Waals surface area contributed by atoms with Crippen molar-refractivity contribution in [2.75, 3.05) is 46.2 Å². The van der Waals surface area contributed by atoms with Crippen LogP contribution < -0.4 is 16.0 Å². The number of nitrogens with zero attached hydrogens (tertiary/aromatic N) is 2. The fraction of sp³-hybridized carbons (Fsp3) is 0.417. The second-order valence-corrected chi connectivity index (χ2v) is 7.90. The van der Waals surface area contributed by atoms with E-state index >= 15 is 0 Å². The van der Waals surface area contributed by atoms with Gasteiger partial charge in [-0.1, -0.05) is 49.4 Å². The summed E-state index contributed by atoms with van der Waals surface area (Å²) < 4.78 is 5.81. The molecular formula is C24H36IN5O2. The molecule has 0 saturated heterocycles.